The summed E-state index contributed by atoms with van der Waals surface area (Å²) in [5.41, 5.74) is 3.64. The number of hydrogen-bond acceptors (Lipinski definition) is 5. The lowest BCUT2D eigenvalue weighted by Crippen LogP contribution is -2.19. The lowest BCUT2D eigenvalue weighted by Gasteiger charge is -2.09. The highest BCUT2D eigenvalue weighted by Gasteiger charge is 2.10. The highest BCUT2D eigenvalue weighted by Crippen LogP contribution is 2.23. The van der Waals surface area contributed by atoms with Gasteiger partial charge in [0, 0.05) is 17.1 Å². The molecule has 0 aliphatic heterocycles. The lowest BCUT2D eigenvalue weighted by atomic mass is 10.1. The Morgan fingerprint density at radius 2 is 1.89 bits per heavy atom. The second-order valence-electron chi connectivity index (χ2n) is 6.32. The highest BCUT2D eigenvalue weighted by atomic mass is 35.5. The summed E-state index contributed by atoms with van der Waals surface area (Å²) in [6.07, 6.45) is 0.405. The van der Waals surface area contributed by atoms with Crippen molar-refractivity contribution in [2.75, 3.05) is 11.1 Å². The first-order valence-corrected chi connectivity index (χ1v) is 9.98. The summed E-state index contributed by atoms with van der Waals surface area (Å²) in [7, 11) is 0. The molecule has 0 aliphatic carbocycles. The minimum Gasteiger partial charge on any atom is -0.325 e. The number of amides is 1. The van der Waals surface area contributed by atoms with Crippen molar-refractivity contribution in [1.29, 1.82) is 0 Å². The second-order valence-corrected chi connectivity index (χ2v) is 7.69. The number of carbonyl (C=O) groups is 1. The zero-order valence-corrected chi connectivity index (χ0v) is 17.0. The van der Waals surface area contributed by atoms with E-state index in [9.17, 15) is 9.59 Å². The van der Waals surface area contributed by atoms with Crippen LogP contribution in [-0.2, 0) is 11.2 Å². The third-order valence-electron chi connectivity index (χ3n) is 4.12. The molecule has 1 amide bonds. The van der Waals surface area contributed by atoms with E-state index >= 15 is 0 Å². The average Bonchev–Trinajstić information content (AvgIpc) is 2.67. The minimum absolute atomic E-state index is 0.0912. The number of aryl methyl sites for hydroxylation is 1. The molecule has 0 bridgehead atoms. The van der Waals surface area contributed by atoms with Gasteiger partial charge in [-0.05, 0) is 37.1 Å². The molecular formula is C20H19ClN4O2S. The predicted molar refractivity (Wildman–Crippen MR) is 112 cm³/mol. The van der Waals surface area contributed by atoms with Crippen molar-refractivity contribution in [3.8, 4) is 0 Å². The minimum atomic E-state index is -0.302. The largest absolute Gasteiger partial charge is 0.325 e. The quantitative estimate of drug-likeness (QED) is 0.599. The number of nitrogens with zero attached hydrogens (tertiary/aromatic N) is 2. The topological polar surface area (TPSA) is 87.7 Å². The second kappa shape index (κ2) is 9.03. The van der Waals surface area contributed by atoms with Crippen molar-refractivity contribution in [3.05, 3.63) is 80.2 Å². The van der Waals surface area contributed by atoms with Crippen LogP contribution < -0.4 is 10.9 Å². The Morgan fingerprint density at radius 1 is 1.14 bits per heavy atom. The standard InChI is InChI=1S/C20H19ClN4O2S/c1-12-6-8-14(9-7-12)10-17-19(27)23-20(25-24-17)28-11-18(26)22-16-5-3-4-15(21)13(16)2/h3-9H,10-11H2,1-2H3,(H,22,26)(H,23,25,27). The van der Waals surface area contributed by atoms with Gasteiger partial charge in [-0.15, -0.1) is 10.2 Å². The van der Waals surface area contributed by atoms with Crippen molar-refractivity contribution >= 4 is 35.0 Å². The van der Waals surface area contributed by atoms with Crippen LogP contribution >= 0.6 is 23.4 Å². The Bertz CT molecular complexity index is 1050. The van der Waals surface area contributed by atoms with Gasteiger partial charge in [-0.3, -0.25) is 14.6 Å². The van der Waals surface area contributed by atoms with Crippen LogP contribution in [0.25, 0.3) is 0 Å². The third kappa shape index (κ3) is 5.21. The smallest absolute Gasteiger partial charge is 0.273 e. The van der Waals surface area contributed by atoms with Crippen LogP contribution in [0.2, 0.25) is 5.02 Å². The van der Waals surface area contributed by atoms with Gasteiger partial charge in [0.15, 0.2) is 5.16 Å². The summed E-state index contributed by atoms with van der Waals surface area (Å²) in [6.45, 7) is 3.84. The molecule has 3 rings (SSSR count). The first kappa shape index (κ1) is 20.1. The summed E-state index contributed by atoms with van der Waals surface area (Å²) < 4.78 is 0. The first-order valence-electron chi connectivity index (χ1n) is 8.61. The van der Waals surface area contributed by atoms with Crippen molar-refractivity contribution in [2.45, 2.75) is 25.4 Å². The monoisotopic (exact) mass is 414 g/mol. The Balaban J connectivity index is 1.59. The Morgan fingerprint density at radius 3 is 2.61 bits per heavy atom. The number of thioether (sulfide) groups is 1. The number of aromatic amines is 1. The highest BCUT2D eigenvalue weighted by molar-refractivity contribution is 7.99. The number of hydrogen-bond donors (Lipinski definition) is 2. The van der Waals surface area contributed by atoms with Crippen LogP contribution in [0.5, 0.6) is 0 Å². The molecule has 28 heavy (non-hydrogen) atoms. The molecule has 8 heteroatoms. The maximum atomic E-state index is 12.2. The molecule has 2 N–H and O–H groups in total. The number of nitrogens with one attached hydrogen (secondary N) is 2. The first-order chi connectivity index (χ1) is 13.4. The zero-order valence-electron chi connectivity index (χ0n) is 15.5. The molecule has 3 aromatic rings. The average molecular weight is 415 g/mol. The maximum absolute atomic E-state index is 12.2. The molecule has 0 saturated carbocycles. The van der Waals surface area contributed by atoms with Gasteiger partial charge < -0.3 is 5.32 Å². The molecule has 0 atom stereocenters. The fraction of sp³-hybridized carbons (Fsp3) is 0.200. The van der Waals surface area contributed by atoms with E-state index in [0.29, 0.717) is 28.0 Å². The summed E-state index contributed by atoms with van der Waals surface area (Å²) >= 11 is 7.17. The van der Waals surface area contributed by atoms with E-state index in [-0.39, 0.29) is 17.2 Å². The van der Waals surface area contributed by atoms with E-state index in [1.165, 1.54) is 0 Å². The van der Waals surface area contributed by atoms with Crippen LogP contribution in [0.4, 0.5) is 5.69 Å². The van der Waals surface area contributed by atoms with Gasteiger partial charge in [0.1, 0.15) is 5.69 Å². The Hall–Kier alpha value is -2.64. The summed E-state index contributed by atoms with van der Waals surface area (Å²) in [6, 6.07) is 13.2. The number of carbonyl (C=O) groups excluding carboxylic acids is 1. The van der Waals surface area contributed by atoms with Gasteiger partial charge in [-0.25, -0.2) is 0 Å². The van der Waals surface area contributed by atoms with E-state index in [1.807, 2.05) is 38.1 Å². The van der Waals surface area contributed by atoms with E-state index in [0.717, 1.165) is 28.5 Å². The molecule has 0 fully saturated rings. The summed E-state index contributed by atoms with van der Waals surface area (Å²) in [4.78, 5) is 27.1. The van der Waals surface area contributed by atoms with Gasteiger partial charge >= 0.3 is 0 Å². The van der Waals surface area contributed by atoms with Crippen molar-refractivity contribution in [3.63, 3.8) is 0 Å². The van der Waals surface area contributed by atoms with Gasteiger partial charge in [0.2, 0.25) is 5.91 Å². The number of halogens is 1. The molecule has 144 valence electrons. The third-order valence-corrected chi connectivity index (χ3v) is 5.39. The Labute approximate surface area is 171 Å². The molecule has 0 saturated heterocycles. The number of rotatable bonds is 6. The van der Waals surface area contributed by atoms with Crippen molar-refractivity contribution < 1.29 is 4.79 Å². The summed E-state index contributed by atoms with van der Waals surface area (Å²) in [5, 5.41) is 11.7. The van der Waals surface area contributed by atoms with Crippen LogP contribution in [0, 0.1) is 13.8 Å². The number of H-pyrrole nitrogens is 1. The number of anilines is 1. The van der Waals surface area contributed by atoms with Crippen LogP contribution in [0.3, 0.4) is 0 Å². The SMILES string of the molecule is Cc1ccc(Cc2nnc(SCC(=O)Nc3cccc(Cl)c3C)[nH]c2=O)cc1. The van der Waals surface area contributed by atoms with E-state index in [1.54, 1.807) is 18.2 Å². The predicted octanol–water partition coefficient (Wildman–Crippen LogP) is 3.76. The van der Waals surface area contributed by atoms with E-state index < -0.39 is 0 Å². The normalized spacial score (nSPS) is 10.7. The van der Waals surface area contributed by atoms with Crippen molar-refractivity contribution in [2.24, 2.45) is 0 Å². The summed E-state index contributed by atoms with van der Waals surface area (Å²) in [5.74, 6) is -0.129. The molecule has 0 aliphatic rings. The molecule has 0 spiro atoms. The maximum Gasteiger partial charge on any atom is 0.273 e. The van der Waals surface area contributed by atoms with Gasteiger partial charge in [-0.2, -0.15) is 0 Å². The van der Waals surface area contributed by atoms with Gasteiger partial charge in [0.05, 0.1) is 5.75 Å². The molecule has 6 nitrogen and oxygen atoms in total. The van der Waals surface area contributed by atoms with Crippen LogP contribution in [0.1, 0.15) is 22.4 Å². The lowest BCUT2D eigenvalue weighted by molar-refractivity contribution is -0.113. The molecular weight excluding hydrogens is 396 g/mol. The molecule has 0 radical (unpaired) electrons. The molecule has 2 aromatic carbocycles. The molecule has 1 heterocycles. The van der Waals surface area contributed by atoms with Crippen molar-refractivity contribution in [1.82, 2.24) is 15.2 Å². The van der Waals surface area contributed by atoms with E-state index in [2.05, 4.69) is 20.5 Å². The molecule has 0 unspecified atom stereocenters. The Kier molecular flexibility index (Phi) is 6.49. The van der Waals surface area contributed by atoms with E-state index in [4.69, 9.17) is 11.6 Å². The number of benzene rings is 2. The van der Waals surface area contributed by atoms with Gasteiger partial charge in [-0.1, -0.05) is 59.3 Å². The van der Waals surface area contributed by atoms with Crippen LogP contribution in [-0.4, -0.2) is 26.8 Å². The number of aromatic nitrogens is 3. The fourth-order valence-corrected chi connectivity index (χ4v) is 3.27. The van der Waals surface area contributed by atoms with Gasteiger partial charge in [0.25, 0.3) is 5.56 Å². The molecule has 1 aromatic heterocycles. The van der Waals surface area contributed by atoms with Crippen LogP contribution in [0.15, 0.2) is 52.4 Å². The zero-order chi connectivity index (χ0) is 20.1. The fourth-order valence-electron chi connectivity index (χ4n) is 2.49.